The van der Waals surface area contributed by atoms with Crippen molar-refractivity contribution in [1.29, 1.82) is 0 Å². The summed E-state index contributed by atoms with van der Waals surface area (Å²) >= 11 is 5.39. The molecule has 0 atom stereocenters. The van der Waals surface area contributed by atoms with E-state index >= 15 is 0 Å². The zero-order valence-electron chi connectivity index (χ0n) is 6.27. The summed E-state index contributed by atoms with van der Waals surface area (Å²) in [5, 5.41) is 4.44. The molecule has 0 aromatic carbocycles. The number of amides is 2. The lowest BCUT2D eigenvalue weighted by molar-refractivity contribution is -0.118. The summed E-state index contributed by atoms with van der Waals surface area (Å²) in [6.07, 6.45) is 1.01. The second-order valence-electron chi connectivity index (χ2n) is 1.69. The predicted octanol–water partition coefficient (Wildman–Crippen LogP) is -0.399. The van der Waals surface area contributed by atoms with Crippen molar-refractivity contribution in [3.63, 3.8) is 0 Å². The zero-order chi connectivity index (χ0) is 8.85. The third kappa shape index (κ3) is 3.62. The molecule has 0 radical (unpaired) electrons. The maximum absolute atomic E-state index is 10.7. The van der Waals surface area contributed by atoms with E-state index in [1.165, 1.54) is 14.1 Å². The van der Waals surface area contributed by atoms with E-state index in [-0.39, 0.29) is 5.03 Å². The Bertz CT molecular complexity index is 201. The Labute approximate surface area is 69.6 Å². The van der Waals surface area contributed by atoms with Gasteiger partial charge in [0.1, 0.15) is 5.03 Å². The fourth-order valence-electron chi connectivity index (χ4n) is 0.372. The SMILES string of the molecule is CNC(=O)/C=C(/Cl)C(=O)NC. The van der Waals surface area contributed by atoms with Gasteiger partial charge in [-0.05, 0) is 0 Å². The lowest BCUT2D eigenvalue weighted by atomic mass is 10.4. The Kier molecular flexibility index (Phi) is 4.29. The fourth-order valence-corrected chi connectivity index (χ4v) is 0.566. The standard InChI is InChI=1S/C6H9ClN2O2/c1-8-5(10)3-4(7)6(11)9-2/h3H,1-2H3,(H,8,10)(H,9,11)/b4-3+. The van der Waals surface area contributed by atoms with Crippen LogP contribution in [0.2, 0.25) is 0 Å². The number of likely N-dealkylation sites (N-methyl/N-ethyl adjacent to an activating group) is 2. The summed E-state index contributed by atoms with van der Waals surface area (Å²) in [4.78, 5) is 21.3. The van der Waals surface area contributed by atoms with Crippen molar-refractivity contribution < 1.29 is 9.59 Å². The van der Waals surface area contributed by atoms with Crippen LogP contribution in [0.3, 0.4) is 0 Å². The van der Waals surface area contributed by atoms with E-state index in [0.29, 0.717) is 0 Å². The highest BCUT2D eigenvalue weighted by atomic mass is 35.5. The summed E-state index contributed by atoms with van der Waals surface area (Å²) in [6.45, 7) is 0. The van der Waals surface area contributed by atoms with Crippen LogP contribution in [-0.4, -0.2) is 25.9 Å². The molecule has 0 saturated heterocycles. The molecule has 5 heteroatoms. The molecule has 62 valence electrons. The Morgan fingerprint density at radius 2 is 1.82 bits per heavy atom. The van der Waals surface area contributed by atoms with E-state index in [1.807, 2.05) is 0 Å². The highest BCUT2D eigenvalue weighted by molar-refractivity contribution is 6.43. The van der Waals surface area contributed by atoms with Crippen LogP contribution in [0.25, 0.3) is 0 Å². The van der Waals surface area contributed by atoms with Crippen molar-refractivity contribution in [3.05, 3.63) is 11.1 Å². The van der Waals surface area contributed by atoms with E-state index in [9.17, 15) is 9.59 Å². The van der Waals surface area contributed by atoms with Crippen LogP contribution in [0.1, 0.15) is 0 Å². The number of rotatable bonds is 2. The van der Waals surface area contributed by atoms with Gasteiger partial charge in [-0.3, -0.25) is 9.59 Å². The molecular formula is C6H9ClN2O2. The molecule has 2 N–H and O–H groups in total. The van der Waals surface area contributed by atoms with Crippen molar-refractivity contribution in [2.45, 2.75) is 0 Å². The maximum atomic E-state index is 10.7. The number of nitrogens with one attached hydrogen (secondary N) is 2. The van der Waals surface area contributed by atoms with Crippen molar-refractivity contribution in [2.75, 3.05) is 14.1 Å². The normalized spacial score (nSPS) is 10.6. The Morgan fingerprint density at radius 3 is 2.18 bits per heavy atom. The second kappa shape index (κ2) is 4.73. The molecule has 0 heterocycles. The minimum atomic E-state index is -0.477. The van der Waals surface area contributed by atoms with Gasteiger partial charge in [0, 0.05) is 20.2 Å². The molecule has 2 amide bonds. The van der Waals surface area contributed by atoms with Gasteiger partial charge in [-0.25, -0.2) is 0 Å². The number of hydrogen-bond donors (Lipinski definition) is 2. The molecule has 0 bridgehead atoms. The summed E-state index contributed by atoms with van der Waals surface area (Å²) < 4.78 is 0. The van der Waals surface area contributed by atoms with Gasteiger partial charge in [0.15, 0.2) is 0 Å². The smallest absolute Gasteiger partial charge is 0.262 e. The number of halogens is 1. The van der Waals surface area contributed by atoms with Gasteiger partial charge in [0.25, 0.3) is 5.91 Å². The van der Waals surface area contributed by atoms with Gasteiger partial charge in [0.2, 0.25) is 5.91 Å². The van der Waals surface area contributed by atoms with E-state index in [0.717, 1.165) is 6.08 Å². The van der Waals surface area contributed by atoms with Crippen molar-refractivity contribution >= 4 is 23.4 Å². The molecule has 0 saturated carbocycles. The van der Waals surface area contributed by atoms with Gasteiger partial charge in [-0.2, -0.15) is 0 Å². The van der Waals surface area contributed by atoms with Crippen LogP contribution >= 0.6 is 11.6 Å². The summed E-state index contributed by atoms with van der Waals surface area (Å²) in [5.74, 6) is -0.881. The molecule has 0 aromatic heterocycles. The summed E-state index contributed by atoms with van der Waals surface area (Å²) in [6, 6.07) is 0. The van der Waals surface area contributed by atoms with Crippen molar-refractivity contribution in [2.24, 2.45) is 0 Å². The zero-order valence-corrected chi connectivity index (χ0v) is 7.03. The van der Waals surface area contributed by atoms with Crippen LogP contribution in [-0.2, 0) is 9.59 Å². The minimum Gasteiger partial charge on any atom is -0.356 e. The number of carbonyl (C=O) groups excluding carboxylic acids is 2. The molecule has 0 aromatic rings. The molecule has 0 spiro atoms. The number of hydrogen-bond acceptors (Lipinski definition) is 2. The molecule has 4 nitrogen and oxygen atoms in total. The topological polar surface area (TPSA) is 58.2 Å². The van der Waals surface area contributed by atoms with Crippen LogP contribution in [0.5, 0.6) is 0 Å². The first-order valence-electron chi connectivity index (χ1n) is 2.92. The predicted molar refractivity (Wildman–Crippen MR) is 42.1 cm³/mol. The largest absolute Gasteiger partial charge is 0.356 e. The van der Waals surface area contributed by atoms with Gasteiger partial charge < -0.3 is 10.6 Å². The van der Waals surface area contributed by atoms with Crippen LogP contribution in [0, 0.1) is 0 Å². The lowest BCUT2D eigenvalue weighted by Crippen LogP contribution is -2.21. The maximum Gasteiger partial charge on any atom is 0.262 e. The van der Waals surface area contributed by atoms with Crippen LogP contribution < -0.4 is 10.6 Å². The van der Waals surface area contributed by atoms with Crippen LogP contribution in [0.15, 0.2) is 11.1 Å². The third-order valence-corrected chi connectivity index (χ3v) is 1.23. The van der Waals surface area contributed by atoms with Gasteiger partial charge in [-0.1, -0.05) is 11.6 Å². The Morgan fingerprint density at radius 1 is 1.27 bits per heavy atom. The first kappa shape index (κ1) is 9.97. The van der Waals surface area contributed by atoms with Gasteiger partial charge >= 0.3 is 0 Å². The van der Waals surface area contributed by atoms with E-state index in [4.69, 9.17) is 11.6 Å². The van der Waals surface area contributed by atoms with E-state index in [1.54, 1.807) is 0 Å². The monoisotopic (exact) mass is 176 g/mol. The number of carbonyl (C=O) groups is 2. The van der Waals surface area contributed by atoms with Crippen molar-refractivity contribution in [1.82, 2.24) is 10.6 Å². The van der Waals surface area contributed by atoms with Gasteiger partial charge in [0.05, 0.1) is 0 Å². The molecule has 0 fully saturated rings. The molecular weight excluding hydrogens is 168 g/mol. The molecule has 0 rings (SSSR count). The quantitative estimate of drug-likeness (QED) is 0.563. The average molecular weight is 177 g/mol. The third-order valence-electron chi connectivity index (χ3n) is 0.948. The molecule has 0 unspecified atom stereocenters. The van der Waals surface area contributed by atoms with Crippen molar-refractivity contribution in [3.8, 4) is 0 Å². The summed E-state index contributed by atoms with van der Waals surface area (Å²) in [5.41, 5.74) is 0. The highest BCUT2D eigenvalue weighted by Gasteiger charge is 2.04. The fraction of sp³-hybridized carbons (Fsp3) is 0.333. The first-order valence-corrected chi connectivity index (χ1v) is 3.30. The summed E-state index contributed by atoms with van der Waals surface area (Å²) in [7, 11) is 2.88. The highest BCUT2D eigenvalue weighted by Crippen LogP contribution is 1.99. The van der Waals surface area contributed by atoms with E-state index < -0.39 is 11.8 Å². The average Bonchev–Trinajstić information content (AvgIpc) is 2.02. The first-order chi connectivity index (χ1) is 5.11. The molecule has 0 aliphatic carbocycles. The minimum absolute atomic E-state index is 0.133. The van der Waals surface area contributed by atoms with Gasteiger partial charge in [-0.15, -0.1) is 0 Å². The van der Waals surface area contributed by atoms with Crippen LogP contribution in [0.4, 0.5) is 0 Å². The molecule has 0 aliphatic rings. The molecule has 0 aliphatic heterocycles. The molecule has 11 heavy (non-hydrogen) atoms. The Hall–Kier alpha value is -1.03. The Balaban J connectivity index is 4.21. The van der Waals surface area contributed by atoms with E-state index in [2.05, 4.69) is 10.6 Å². The lowest BCUT2D eigenvalue weighted by Gasteiger charge is -1.95. The second-order valence-corrected chi connectivity index (χ2v) is 2.09.